The number of fused-ring (bicyclic) bond motifs is 1. The molecule has 0 saturated heterocycles. The summed E-state index contributed by atoms with van der Waals surface area (Å²) in [4.78, 5) is 11.9. The van der Waals surface area contributed by atoms with E-state index in [1.165, 1.54) is 0 Å². The van der Waals surface area contributed by atoms with Crippen molar-refractivity contribution in [3.05, 3.63) is 71.8 Å². The molecule has 3 aromatic carbocycles. The molecule has 3 rings (SSSR count). The smallest absolute Gasteiger partial charge is 0.258 e. The molecule has 26 heavy (non-hydrogen) atoms. The fourth-order valence-electron chi connectivity index (χ4n) is 2.50. The lowest BCUT2D eigenvalue weighted by Gasteiger charge is -2.09. The molecule has 0 bridgehead atoms. The van der Waals surface area contributed by atoms with Crippen LogP contribution < -0.4 is 14.8 Å². The first kappa shape index (κ1) is 17.7. The van der Waals surface area contributed by atoms with Crippen LogP contribution in [-0.2, 0) is 11.3 Å². The second kappa shape index (κ2) is 7.82. The van der Waals surface area contributed by atoms with Gasteiger partial charge in [0.05, 0.1) is 7.11 Å². The third-order valence-electron chi connectivity index (χ3n) is 3.85. The van der Waals surface area contributed by atoms with Crippen LogP contribution in [0.2, 0.25) is 0 Å². The monoisotopic (exact) mass is 357 g/mol. The molecule has 1 amide bonds. The second-order valence-corrected chi connectivity index (χ2v) is 5.69. The summed E-state index contributed by atoms with van der Waals surface area (Å²) in [5.74, 6) is -1.33. The van der Waals surface area contributed by atoms with Crippen molar-refractivity contribution in [2.24, 2.45) is 0 Å². The van der Waals surface area contributed by atoms with E-state index >= 15 is 0 Å². The van der Waals surface area contributed by atoms with Crippen molar-refractivity contribution in [1.29, 1.82) is 0 Å². The highest BCUT2D eigenvalue weighted by atomic mass is 19.1. The Bertz CT molecular complexity index is 943. The molecule has 0 atom stereocenters. The van der Waals surface area contributed by atoms with Crippen molar-refractivity contribution >= 4 is 16.7 Å². The summed E-state index contributed by atoms with van der Waals surface area (Å²) in [6, 6.07) is 14.5. The topological polar surface area (TPSA) is 47.6 Å². The molecule has 0 saturated carbocycles. The fraction of sp³-hybridized carbons (Fsp3) is 0.150. The Hall–Kier alpha value is -3.15. The van der Waals surface area contributed by atoms with Gasteiger partial charge in [-0.1, -0.05) is 18.2 Å². The van der Waals surface area contributed by atoms with Gasteiger partial charge in [0.2, 0.25) is 0 Å². The molecular formula is C20H17F2NO3. The lowest BCUT2D eigenvalue weighted by Crippen LogP contribution is -2.28. The summed E-state index contributed by atoms with van der Waals surface area (Å²) in [5, 5.41) is 4.77. The zero-order valence-electron chi connectivity index (χ0n) is 14.1. The molecule has 4 nitrogen and oxygen atoms in total. The van der Waals surface area contributed by atoms with Crippen LogP contribution in [0.5, 0.6) is 11.5 Å². The van der Waals surface area contributed by atoms with Gasteiger partial charge in [-0.05, 0) is 46.7 Å². The Morgan fingerprint density at radius 3 is 2.54 bits per heavy atom. The van der Waals surface area contributed by atoms with Crippen LogP contribution in [0.15, 0.2) is 54.6 Å². The molecule has 3 aromatic rings. The summed E-state index contributed by atoms with van der Waals surface area (Å²) < 4.78 is 36.5. The Balaban J connectivity index is 1.56. The first-order valence-electron chi connectivity index (χ1n) is 7.96. The minimum absolute atomic E-state index is 0.166. The number of hydrogen-bond donors (Lipinski definition) is 1. The van der Waals surface area contributed by atoms with Crippen molar-refractivity contribution in [2.45, 2.75) is 6.54 Å². The molecular weight excluding hydrogens is 340 g/mol. The number of carbonyl (C=O) groups excluding carboxylic acids is 1. The molecule has 0 fully saturated rings. The molecule has 0 spiro atoms. The van der Waals surface area contributed by atoms with Gasteiger partial charge in [-0.15, -0.1) is 0 Å². The van der Waals surface area contributed by atoms with Gasteiger partial charge in [0, 0.05) is 12.6 Å². The minimum Gasteiger partial charge on any atom is -0.497 e. The average Bonchev–Trinajstić information content (AvgIpc) is 2.65. The van der Waals surface area contributed by atoms with E-state index in [1.54, 1.807) is 7.11 Å². The van der Waals surface area contributed by atoms with Gasteiger partial charge in [0.1, 0.15) is 11.6 Å². The van der Waals surface area contributed by atoms with Crippen LogP contribution in [0.3, 0.4) is 0 Å². The number of nitrogens with one attached hydrogen (secondary N) is 1. The average molecular weight is 357 g/mol. The van der Waals surface area contributed by atoms with Gasteiger partial charge >= 0.3 is 0 Å². The van der Waals surface area contributed by atoms with Crippen molar-refractivity contribution in [3.8, 4) is 11.5 Å². The third-order valence-corrected chi connectivity index (χ3v) is 3.85. The molecule has 134 valence electrons. The maximum Gasteiger partial charge on any atom is 0.258 e. The normalized spacial score (nSPS) is 10.6. The van der Waals surface area contributed by atoms with E-state index < -0.39 is 17.5 Å². The van der Waals surface area contributed by atoms with Crippen LogP contribution in [0.1, 0.15) is 5.56 Å². The molecule has 0 aliphatic rings. The largest absolute Gasteiger partial charge is 0.497 e. The van der Waals surface area contributed by atoms with E-state index in [1.807, 2.05) is 36.4 Å². The van der Waals surface area contributed by atoms with Gasteiger partial charge in [0.15, 0.2) is 18.2 Å². The first-order chi connectivity index (χ1) is 12.5. The SMILES string of the molecule is COc1ccc2cc(CNC(=O)COc3ccc(F)cc3F)ccc2c1. The Morgan fingerprint density at radius 2 is 1.77 bits per heavy atom. The Morgan fingerprint density at radius 1 is 1.00 bits per heavy atom. The lowest BCUT2D eigenvalue weighted by molar-refractivity contribution is -0.123. The molecule has 0 aliphatic carbocycles. The predicted octanol–water partition coefficient (Wildman–Crippen LogP) is 3.82. The van der Waals surface area contributed by atoms with Gasteiger partial charge in [0.25, 0.3) is 5.91 Å². The van der Waals surface area contributed by atoms with E-state index in [0.29, 0.717) is 12.6 Å². The van der Waals surface area contributed by atoms with Gasteiger partial charge < -0.3 is 14.8 Å². The van der Waals surface area contributed by atoms with Crippen LogP contribution >= 0.6 is 0 Å². The summed E-state index contributed by atoms with van der Waals surface area (Å²) in [6.07, 6.45) is 0. The highest BCUT2D eigenvalue weighted by Crippen LogP contribution is 2.22. The number of rotatable bonds is 6. The number of amides is 1. The Kier molecular flexibility index (Phi) is 5.31. The quantitative estimate of drug-likeness (QED) is 0.730. The fourth-order valence-corrected chi connectivity index (χ4v) is 2.50. The summed E-state index contributed by atoms with van der Waals surface area (Å²) in [7, 11) is 1.62. The minimum atomic E-state index is -0.845. The van der Waals surface area contributed by atoms with Gasteiger partial charge in [-0.2, -0.15) is 0 Å². The number of benzene rings is 3. The molecule has 0 unspecified atom stereocenters. The number of carbonyl (C=O) groups is 1. The maximum atomic E-state index is 13.4. The molecule has 1 N–H and O–H groups in total. The second-order valence-electron chi connectivity index (χ2n) is 5.69. The van der Waals surface area contributed by atoms with Crippen molar-refractivity contribution in [3.63, 3.8) is 0 Å². The van der Waals surface area contributed by atoms with E-state index in [4.69, 9.17) is 9.47 Å². The van der Waals surface area contributed by atoms with E-state index in [9.17, 15) is 13.6 Å². The van der Waals surface area contributed by atoms with Crippen LogP contribution in [0, 0.1) is 11.6 Å². The van der Waals surface area contributed by atoms with Crippen LogP contribution in [0.25, 0.3) is 10.8 Å². The molecule has 0 heterocycles. The predicted molar refractivity (Wildman–Crippen MR) is 94.2 cm³/mol. The molecule has 0 radical (unpaired) electrons. The zero-order chi connectivity index (χ0) is 18.5. The first-order valence-corrected chi connectivity index (χ1v) is 7.96. The number of methoxy groups -OCH3 is 1. The number of halogens is 2. The van der Waals surface area contributed by atoms with E-state index in [-0.39, 0.29) is 12.4 Å². The summed E-state index contributed by atoms with van der Waals surface area (Å²) in [5.41, 5.74) is 0.920. The van der Waals surface area contributed by atoms with Gasteiger partial charge in [-0.25, -0.2) is 8.78 Å². The van der Waals surface area contributed by atoms with Crippen molar-refractivity contribution < 1.29 is 23.0 Å². The van der Waals surface area contributed by atoms with Crippen LogP contribution in [-0.4, -0.2) is 19.6 Å². The summed E-state index contributed by atoms with van der Waals surface area (Å²) in [6.45, 7) is -0.0383. The Labute approximate surface area is 149 Å². The van der Waals surface area contributed by atoms with Gasteiger partial charge in [-0.3, -0.25) is 4.79 Å². The number of hydrogen-bond acceptors (Lipinski definition) is 3. The van der Waals surface area contributed by atoms with E-state index in [0.717, 1.165) is 34.2 Å². The maximum absolute atomic E-state index is 13.4. The van der Waals surface area contributed by atoms with E-state index in [2.05, 4.69) is 5.32 Å². The highest BCUT2D eigenvalue weighted by Gasteiger charge is 2.08. The van der Waals surface area contributed by atoms with Crippen molar-refractivity contribution in [1.82, 2.24) is 5.32 Å². The third kappa shape index (κ3) is 4.27. The molecule has 6 heteroatoms. The lowest BCUT2D eigenvalue weighted by atomic mass is 10.1. The van der Waals surface area contributed by atoms with Crippen LogP contribution in [0.4, 0.5) is 8.78 Å². The standard InChI is InChI=1S/C20H17F2NO3/c1-25-17-6-4-14-8-13(2-3-15(14)9-17)11-23-20(24)12-26-19-7-5-16(21)10-18(19)22/h2-10H,11-12H2,1H3,(H,23,24). The molecule has 0 aromatic heterocycles. The van der Waals surface area contributed by atoms with Crippen molar-refractivity contribution in [2.75, 3.05) is 13.7 Å². The number of ether oxygens (including phenoxy) is 2. The zero-order valence-corrected chi connectivity index (χ0v) is 14.1. The summed E-state index contributed by atoms with van der Waals surface area (Å²) >= 11 is 0. The highest BCUT2D eigenvalue weighted by molar-refractivity contribution is 5.84. The molecule has 0 aliphatic heterocycles.